The number of methoxy groups -OCH3 is 1. The fourth-order valence-electron chi connectivity index (χ4n) is 3.79. The van der Waals surface area contributed by atoms with Gasteiger partial charge < -0.3 is 9.72 Å². The first-order chi connectivity index (χ1) is 12.7. The minimum atomic E-state index is -0.560. The van der Waals surface area contributed by atoms with Gasteiger partial charge in [0.25, 0.3) is 0 Å². The van der Waals surface area contributed by atoms with Gasteiger partial charge in [0, 0.05) is 18.0 Å². The molecule has 1 aliphatic heterocycles. The molecule has 1 aliphatic rings. The number of pyridine rings is 1. The van der Waals surface area contributed by atoms with Crippen molar-refractivity contribution in [1.29, 1.82) is 0 Å². The summed E-state index contributed by atoms with van der Waals surface area (Å²) in [5, 5.41) is 14.7. The van der Waals surface area contributed by atoms with Crippen molar-refractivity contribution in [3.8, 4) is 5.75 Å². The maximum absolute atomic E-state index is 12.7. The van der Waals surface area contributed by atoms with E-state index in [9.17, 15) is 5.21 Å². The Morgan fingerprint density at radius 3 is 2.63 bits per heavy atom. The molecule has 0 amide bonds. The van der Waals surface area contributed by atoms with Gasteiger partial charge in [-0.1, -0.05) is 11.8 Å². The summed E-state index contributed by atoms with van der Waals surface area (Å²) in [7, 11) is 1.65. The number of rotatable bonds is 4. The lowest BCUT2D eigenvalue weighted by molar-refractivity contribution is -0.266. The molecule has 0 bridgehead atoms. The molecule has 3 aromatic rings. The van der Waals surface area contributed by atoms with E-state index in [1.807, 2.05) is 52.1 Å². The van der Waals surface area contributed by atoms with Crippen molar-refractivity contribution >= 4 is 22.8 Å². The Hall–Kier alpha value is -2.09. The minimum absolute atomic E-state index is 0.558. The third-order valence-electron chi connectivity index (χ3n) is 5.32. The molecule has 27 heavy (non-hydrogen) atoms. The van der Waals surface area contributed by atoms with Gasteiger partial charge in [-0.3, -0.25) is 4.98 Å². The van der Waals surface area contributed by atoms with Gasteiger partial charge in [0.1, 0.15) is 5.75 Å². The molecule has 2 aromatic heterocycles. The van der Waals surface area contributed by atoms with E-state index in [0.29, 0.717) is 5.75 Å². The van der Waals surface area contributed by atoms with Gasteiger partial charge in [0.05, 0.1) is 34.9 Å². The molecule has 0 saturated carbocycles. The highest BCUT2D eigenvalue weighted by Crippen LogP contribution is 2.48. The van der Waals surface area contributed by atoms with Crippen LogP contribution in [0.3, 0.4) is 0 Å². The lowest BCUT2D eigenvalue weighted by atomic mass is 9.92. The molecule has 4 rings (SSSR count). The van der Waals surface area contributed by atoms with Crippen molar-refractivity contribution in [3.05, 3.63) is 47.3 Å². The second kappa shape index (κ2) is 6.22. The van der Waals surface area contributed by atoms with Crippen LogP contribution in [0.2, 0.25) is 0 Å². The molecular formula is C20H23N4O2S. The summed E-state index contributed by atoms with van der Waals surface area (Å²) in [5.74, 6) is 1.48. The number of hydrogen-bond donors (Lipinski definition) is 1. The number of ether oxygens (including phenoxy) is 1. The number of fused-ring (bicyclic) bond motifs is 2. The molecule has 3 heterocycles. The van der Waals surface area contributed by atoms with Crippen molar-refractivity contribution in [2.45, 2.75) is 49.7 Å². The zero-order valence-corrected chi connectivity index (χ0v) is 17.0. The first kappa shape index (κ1) is 18.3. The molecule has 0 aliphatic carbocycles. The Morgan fingerprint density at radius 1 is 1.15 bits per heavy atom. The van der Waals surface area contributed by atoms with Crippen LogP contribution < -0.4 is 4.74 Å². The number of H-pyrrole nitrogens is 1. The monoisotopic (exact) mass is 383 g/mol. The second-order valence-electron chi connectivity index (χ2n) is 7.85. The summed E-state index contributed by atoms with van der Waals surface area (Å²) in [6.07, 6.45) is 1.86. The minimum Gasteiger partial charge on any atom is -0.497 e. The lowest BCUT2D eigenvalue weighted by Crippen LogP contribution is -2.41. The molecule has 0 unspecified atom stereocenters. The van der Waals surface area contributed by atoms with E-state index in [-0.39, 0.29) is 0 Å². The second-order valence-corrected chi connectivity index (χ2v) is 8.81. The highest BCUT2D eigenvalue weighted by Gasteiger charge is 2.50. The SMILES string of the molecule is COc1ccc2nc(SCc3cc4c(cn3)C(C)(C)N([O])C4(C)C)[nH]c2c1. The molecule has 0 atom stereocenters. The Bertz CT molecular complexity index is 1010. The number of nitrogens with zero attached hydrogens (tertiary/aromatic N) is 3. The number of hydroxylamine groups is 2. The average Bonchev–Trinajstić information content (AvgIpc) is 3.11. The van der Waals surface area contributed by atoms with Gasteiger partial charge in [-0.2, -0.15) is 0 Å². The molecule has 1 N–H and O–H groups in total. The number of nitrogens with one attached hydrogen (secondary N) is 1. The fraction of sp³-hybridized carbons (Fsp3) is 0.400. The normalized spacial score (nSPS) is 18.0. The zero-order chi connectivity index (χ0) is 19.4. The van der Waals surface area contributed by atoms with Gasteiger partial charge in [-0.05, 0) is 57.0 Å². The first-order valence-electron chi connectivity index (χ1n) is 8.87. The molecule has 1 aromatic carbocycles. The summed E-state index contributed by atoms with van der Waals surface area (Å²) in [5.41, 5.74) is 3.74. The Balaban J connectivity index is 1.57. The smallest absolute Gasteiger partial charge is 0.166 e. The number of aromatic nitrogens is 3. The summed E-state index contributed by atoms with van der Waals surface area (Å²) < 4.78 is 5.25. The predicted octanol–water partition coefficient (Wildman–Crippen LogP) is 4.39. The van der Waals surface area contributed by atoms with Crippen LogP contribution in [0.15, 0.2) is 35.6 Å². The van der Waals surface area contributed by atoms with Crippen LogP contribution in [-0.4, -0.2) is 27.1 Å². The van der Waals surface area contributed by atoms with Crippen LogP contribution in [-0.2, 0) is 22.0 Å². The third-order valence-corrected chi connectivity index (χ3v) is 6.23. The van der Waals surface area contributed by atoms with Crippen molar-refractivity contribution < 1.29 is 9.94 Å². The Morgan fingerprint density at radius 2 is 1.89 bits per heavy atom. The average molecular weight is 383 g/mol. The van der Waals surface area contributed by atoms with Crippen LogP contribution in [0, 0.1) is 0 Å². The highest BCUT2D eigenvalue weighted by atomic mass is 32.2. The van der Waals surface area contributed by atoms with E-state index in [1.54, 1.807) is 18.9 Å². The first-order valence-corrected chi connectivity index (χ1v) is 9.86. The van der Waals surface area contributed by atoms with E-state index in [4.69, 9.17) is 4.74 Å². The van der Waals surface area contributed by atoms with E-state index in [1.165, 1.54) is 5.06 Å². The number of hydrogen-bond acceptors (Lipinski definition) is 5. The fourth-order valence-corrected chi connectivity index (χ4v) is 4.58. The van der Waals surface area contributed by atoms with Gasteiger partial charge in [-0.15, -0.1) is 10.3 Å². The number of imidazole rings is 1. The zero-order valence-electron chi connectivity index (χ0n) is 16.2. The predicted molar refractivity (Wildman–Crippen MR) is 105 cm³/mol. The maximum Gasteiger partial charge on any atom is 0.166 e. The van der Waals surface area contributed by atoms with Crippen molar-refractivity contribution in [1.82, 2.24) is 20.0 Å². The van der Waals surface area contributed by atoms with Gasteiger partial charge in [-0.25, -0.2) is 4.98 Å². The van der Waals surface area contributed by atoms with E-state index < -0.39 is 11.1 Å². The van der Waals surface area contributed by atoms with Crippen LogP contribution in [0.4, 0.5) is 0 Å². The molecule has 141 valence electrons. The summed E-state index contributed by atoms with van der Waals surface area (Å²) in [6, 6.07) is 7.84. The maximum atomic E-state index is 12.7. The Kier molecular flexibility index (Phi) is 4.21. The molecule has 1 radical (unpaired) electrons. The Labute approximate surface area is 162 Å². The molecular weight excluding hydrogens is 360 g/mol. The van der Waals surface area contributed by atoms with Crippen molar-refractivity contribution in [2.75, 3.05) is 7.11 Å². The van der Waals surface area contributed by atoms with Crippen LogP contribution in [0.5, 0.6) is 5.75 Å². The van der Waals surface area contributed by atoms with Crippen LogP contribution >= 0.6 is 11.8 Å². The molecule has 0 fully saturated rings. The molecule has 0 saturated heterocycles. The standard InChI is InChI=1S/C20H23N4O2S/c1-19(2)14-8-12(21-10-15(14)20(3,4)24(19)25)11-27-18-22-16-7-6-13(26-5)9-17(16)23-18/h6-10H,11H2,1-5H3,(H,22,23). The van der Waals surface area contributed by atoms with Crippen molar-refractivity contribution in [3.63, 3.8) is 0 Å². The summed E-state index contributed by atoms with van der Waals surface area (Å²) >= 11 is 1.60. The van der Waals surface area contributed by atoms with Crippen LogP contribution in [0.25, 0.3) is 11.0 Å². The highest BCUT2D eigenvalue weighted by molar-refractivity contribution is 7.98. The van der Waals surface area contributed by atoms with E-state index >= 15 is 0 Å². The van der Waals surface area contributed by atoms with Crippen molar-refractivity contribution in [2.24, 2.45) is 0 Å². The summed E-state index contributed by atoms with van der Waals surface area (Å²) in [6.45, 7) is 7.84. The topological polar surface area (TPSA) is 73.9 Å². The van der Waals surface area contributed by atoms with Gasteiger partial charge in [0.2, 0.25) is 0 Å². The third kappa shape index (κ3) is 2.90. The number of aromatic amines is 1. The van der Waals surface area contributed by atoms with Crippen LogP contribution in [0.1, 0.15) is 44.5 Å². The molecule has 0 spiro atoms. The summed E-state index contributed by atoms with van der Waals surface area (Å²) in [4.78, 5) is 12.5. The van der Waals surface area contributed by atoms with Gasteiger partial charge >= 0.3 is 0 Å². The lowest BCUT2D eigenvalue weighted by Gasteiger charge is -2.32. The largest absolute Gasteiger partial charge is 0.497 e. The quantitative estimate of drug-likeness (QED) is 0.676. The molecule has 6 nitrogen and oxygen atoms in total. The number of thioether (sulfide) groups is 1. The van der Waals surface area contributed by atoms with Gasteiger partial charge in [0.15, 0.2) is 5.16 Å². The van der Waals surface area contributed by atoms with E-state index in [0.717, 1.165) is 38.8 Å². The van der Waals surface area contributed by atoms with E-state index in [2.05, 4.69) is 21.0 Å². The molecule has 7 heteroatoms. The number of benzene rings is 1.